The molecule has 5 nitrogen and oxygen atoms in total. The molecule has 1 aliphatic heterocycles. The number of benzene rings is 2. The van der Waals surface area contributed by atoms with Crippen LogP contribution in [0.15, 0.2) is 42.5 Å². The van der Waals surface area contributed by atoms with Gasteiger partial charge in [0.2, 0.25) is 0 Å². The summed E-state index contributed by atoms with van der Waals surface area (Å²) in [4.78, 5) is 17.2. The quantitative estimate of drug-likeness (QED) is 0.828. The van der Waals surface area contributed by atoms with E-state index in [1.54, 1.807) is 26.4 Å². The van der Waals surface area contributed by atoms with Gasteiger partial charge in [0.15, 0.2) is 0 Å². The Morgan fingerprint density at radius 1 is 0.962 bits per heavy atom. The summed E-state index contributed by atoms with van der Waals surface area (Å²) in [6.45, 7) is 6.05. The largest absolute Gasteiger partial charge is 0.496 e. The van der Waals surface area contributed by atoms with Crippen LogP contribution in [-0.2, 0) is 6.54 Å². The predicted octanol–water partition coefficient (Wildman–Crippen LogP) is 2.97. The Morgan fingerprint density at radius 3 is 2.08 bits per heavy atom. The smallest absolute Gasteiger partial charge is 0.254 e. The van der Waals surface area contributed by atoms with Gasteiger partial charge < -0.3 is 14.4 Å². The number of hydrogen-bond acceptors (Lipinski definition) is 4. The van der Waals surface area contributed by atoms with Crippen LogP contribution < -0.4 is 9.47 Å². The zero-order valence-corrected chi connectivity index (χ0v) is 15.7. The van der Waals surface area contributed by atoms with Crippen LogP contribution in [0.1, 0.15) is 21.5 Å². The van der Waals surface area contributed by atoms with Gasteiger partial charge in [-0.25, -0.2) is 0 Å². The first-order valence-electron chi connectivity index (χ1n) is 8.90. The van der Waals surface area contributed by atoms with Gasteiger partial charge in [0.05, 0.1) is 14.2 Å². The van der Waals surface area contributed by atoms with Crippen molar-refractivity contribution in [2.75, 3.05) is 40.4 Å². The lowest BCUT2D eigenvalue weighted by Crippen LogP contribution is -2.48. The molecule has 0 bridgehead atoms. The molecule has 0 aliphatic carbocycles. The van der Waals surface area contributed by atoms with E-state index >= 15 is 0 Å². The summed E-state index contributed by atoms with van der Waals surface area (Å²) in [5, 5.41) is 0. The van der Waals surface area contributed by atoms with Crippen molar-refractivity contribution < 1.29 is 14.3 Å². The zero-order valence-electron chi connectivity index (χ0n) is 15.7. The van der Waals surface area contributed by atoms with Gasteiger partial charge in [0, 0.05) is 43.9 Å². The fraction of sp³-hybridized carbons (Fsp3) is 0.381. The van der Waals surface area contributed by atoms with Gasteiger partial charge in [-0.2, -0.15) is 0 Å². The minimum absolute atomic E-state index is 0.0287. The molecular formula is C21H26N2O3. The Balaban J connectivity index is 1.65. The lowest BCUT2D eigenvalue weighted by molar-refractivity contribution is 0.0627. The lowest BCUT2D eigenvalue weighted by atomic mass is 10.1. The van der Waals surface area contributed by atoms with Crippen LogP contribution >= 0.6 is 0 Å². The van der Waals surface area contributed by atoms with Crippen molar-refractivity contribution in [3.63, 3.8) is 0 Å². The van der Waals surface area contributed by atoms with Crippen molar-refractivity contribution in [2.45, 2.75) is 13.5 Å². The van der Waals surface area contributed by atoms with E-state index in [1.165, 1.54) is 5.56 Å². The summed E-state index contributed by atoms with van der Waals surface area (Å²) in [5.74, 6) is 1.38. The molecule has 0 atom stereocenters. The Hall–Kier alpha value is -2.53. The molecule has 1 heterocycles. The lowest BCUT2D eigenvalue weighted by Gasteiger charge is -2.35. The molecule has 2 aromatic carbocycles. The minimum Gasteiger partial charge on any atom is -0.496 e. The number of ether oxygens (including phenoxy) is 2. The van der Waals surface area contributed by atoms with Crippen molar-refractivity contribution in [3.8, 4) is 11.5 Å². The first-order valence-corrected chi connectivity index (χ1v) is 8.90. The summed E-state index contributed by atoms with van der Waals surface area (Å²) in [7, 11) is 3.22. The van der Waals surface area contributed by atoms with Gasteiger partial charge in [-0.05, 0) is 24.6 Å². The number of nitrogens with zero attached hydrogens (tertiary/aromatic N) is 2. The van der Waals surface area contributed by atoms with Crippen LogP contribution in [0, 0.1) is 6.92 Å². The molecule has 5 heteroatoms. The summed E-state index contributed by atoms with van der Waals surface area (Å²) >= 11 is 0. The predicted molar refractivity (Wildman–Crippen MR) is 102 cm³/mol. The van der Waals surface area contributed by atoms with E-state index < -0.39 is 0 Å². The van der Waals surface area contributed by atoms with Crippen molar-refractivity contribution in [2.24, 2.45) is 0 Å². The van der Waals surface area contributed by atoms with E-state index in [2.05, 4.69) is 29.2 Å². The number of methoxy groups -OCH3 is 2. The van der Waals surface area contributed by atoms with Crippen molar-refractivity contribution in [3.05, 3.63) is 59.2 Å². The second-order valence-corrected chi connectivity index (χ2v) is 6.56. The SMILES string of the molecule is COc1cc(C(=O)N2CCN(Cc3ccccc3)CC2)cc(OC)c1C. The number of piperazine rings is 1. The molecule has 1 fully saturated rings. The van der Waals surface area contributed by atoms with Crippen LogP contribution in [0.5, 0.6) is 11.5 Å². The van der Waals surface area contributed by atoms with Crippen molar-refractivity contribution in [1.82, 2.24) is 9.80 Å². The van der Waals surface area contributed by atoms with E-state index in [-0.39, 0.29) is 5.91 Å². The molecule has 0 spiro atoms. The van der Waals surface area contributed by atoms with Gasteiger partial charge in [-0.3, -0.25) is 9.69 Å². The Bertz CT molecular complexity index is 728. The highest BCUT2D eigenvalue weighted by atomic mass is 16.5. The molecule has 1 aliphatic rings. The molecule has 1 saturated heterocycles. The fourth-order valence-electron chi connectivity index (χ4n) is 3.34. The normalized spacial score (nSPS) is 15.0. The molecule has 3 rings (SSSR count). The van der Waals surface area contributed by atoms with Gasteiger partial charge in [-0.15, -0.1) is 0 Å². The van der Waals surface area contributed by atoms with E-state index in [0.29, 0.717) is 17.1 Å². The first kappa shape index (κ1) is 18.3. The summed E-state index contributed by atoms with van der Waals surface area (Å²) in [5.41, 5.74) is 2.82. The summed E-state index contributed by atoms with van der Waals surface area (Å²) in [6.07, 6.45) is 0. The molecular weight excluding hydrogens is 328 g/mol. The average Bonchev–Trinajstić information content (AvgIpc) is 2.69. The second kappa shape index (κ2) is 8.23. The third-order valence-electron chi connectivity index (χ3n) is 4.91. The fourth-order valence-corrected chi connectivity index (χ4v) is 3.34. The van der Waals surface area contributed by atoms with Gasteiger partial charge in [0.25, 0.3) is 5.91 Å². The molecule has 2 aromatic rings. The standard InChI is InChI=1S/C21H26N2O3/c1-16-19(25-2)13-18(14-20(16)26-3)21(24)23-11-9-22(10-12-23)15-17-7-5-4-6-8-17/h4-8,13-14H,9-12,15H2,1-3H3. The van der Waals surface area contributed by atoms with Crippen molar-refractivity contribution in [1.29, 1.82) is 0 Å². The first-order chi connectivity index (χ1) is 12.6. The van der Waals surface area contributed by atoms with E-state index in [0.717, 1.165) is 38.3 Å². The topological polar surface area (TPSA) is 42.0 Å². The van der Waals surface area contributed by atoms with Crippen molar-refractivity contribution >= 4 is 5.91 Å². The van der Waals surface area contributed by atoms with Crippen LogP contribution in [0.4, 0.5) is 0 Å². The van der Waals surface area contributed by atoms with E-state index in [1.807, 2.05) is 17.9 Å². The molecule has 0 unspecified atom stereocenters. The minimum atomic E-state index is 0.0287. The van der Waals surface area contributed by atoms with Crippen LogP contribution in [0.2, 0.25) is 0 Å². The Morgan fingerprint density at radius 2 is 1.54 bits per heavy atom. The molecule has 1 amide bonds. The number of carbonyl (C=O) groups excluding carboxylic acids is 1. The molecule has 26 heavy (non-hydrogen) atoms. The highest BCUT2D eigenvalue weighted by Crippen LogP contribution is 2.30. The molecule has 0 saturated carbocycles. The number of rotatable bonds is 5. The molecule has 138 valence electrons. The molecule has 0 N–H and O–H groups in total. The van der Waals surface area contributed by atoms with Gasteiger partial charge in [0.1, 0.15) is 11.5 Å². The Labute approximate surface area is 155 Å². The summed E-state index contributed by atoms with van der Waals surface area (Å²) < 4.78 is 10.8. The van der Waals surface area contributed by atoms with Crippen LogP contribution in [0.25, 0.3) is 0 Å². The zero-order chi connectivity index (χ0) is 18.5. The maximum atomic E-state index is 12.9. The summed E-state index contributed by atoms with van der Waals surface area (Å²) in [6, 6.07) is 14.0. The molecule has 0 aromatic heterocycles. The van der Waals surface area contributed by atoms with Gasteiger partial charge in [-0.1, -0.05) is 30.3 Å². The van der Waals surface area contributed by atoms with E-state index in [4.69, 9.17) is 9.47 Å². The molecule has 0 radical (unpaired) electrons. The van der Waals surface area contributed by atoms with Crippen LogP contribution in [-0.4, -0.2) is 56.1 Å². The maximum absolute atomic E-state index is 12.9. The highest BCUT2D eigenvalue weighted by molar-refractivity contribution is 5.95. The number of carbonyl (C=O) groups is 1. The highest BCUT2D eigenvalue weighted by Gasteiger charge is 2.23. The van der Waals surface area contributed by atoms with Gasteiger partial charge >= 0.3 is 0 Å². The third-order valence-corrected chi connectivity index (χ3v) is 4.91. The second-order valence-electron chi connectivity index (χ2n) is 6.56. The van der Waals surface area contributed by atoms with E-state index in [9.17, 15) is 4.79 Å². The monoisotopic (exact) mass is 354 g/mol. The average molecular weight is 354 g/mol. The van der Waals surface area contributed by atoms with Crippen LogP contribution in [0.3, 0.4) is 0 Å². The Kier molecular flexibility index (Phi) is 5.78. The maximum Gasteiger partial charge on any atom is 0.254 e. The number of hydrogen-bond donors (Lipinski definition) is 0. The number of amides is 1. The third kappa shape index (κ3) is 3.99.